The molecule has 0 atom stereocenters. The summed E-state index contributed by atoms with van der Waals surface area (Å²) in [5.41, 5.74) is 10.4. The Balaban J connectivity index is 1.16. The normalized spacial score (nSPS) is 13.2. The predicted molar refractivity (Wildman–Crippen MR) is 235 cm³/mol. The van der Waals surface area contributed by atoms with Gasteiger partial charge in [0.2, 0.25) is 0 Å². The molecule has 0 radical (unpaired) electrons. The molecule has 0 fully saturated rings. The van der Waals surface area contributed by atoms with Crippen LogP contribution in [0.5, 0.6) is 0 Å². The Hall–Kier alpha value is -7.42. The lowest BCUT2D eigenvalue weighted by Gasteiger charge is -2.20. The average Bonchev–Trinajstić information content (AvgIpc) is 3.87. The highest BCUT2D eigenvalue weighted by Crippen LogP contribution is 2.49. The second-order valence-corrected chi connectivity index (χ2v) is 14.3. The Morgan fingerprint density at radius 2 is 0.821 bits per heavy atom. The zero-order valence-corrected chi connectivity index (χ0v) is 29.9. The Morgan fingerprint density at radius 3 is 1.50 bits per heavy atom. The van der Waals surface area contributed by atoms with E-state index in [-0.39, 0.29) is 29.7 Å². The molecule has 10 aromatic carbocycles. The van der Waals surface area contributed by atoms with Crippen molar-refractivity contribution < 1.29 is 15.7 Å². The summed E-state index contributed by atoms with van der Waals surface area (Å²) in [6.07, 6.45) is 0. The maximum Gasteiger partial charge on any atom is 0.136 e. The highest BCUT2D eigenvalue weighted by Gasteiger charge is 2.22. The molecule has 12 rings (SSSR count). The Labute approximate surface area is 329 Å². The average molecular weight is 718 g/mol. The lowest BCUT2D eigenvalue weighted by molar-refractivity contribution is 0.669. The van der Waals surface area contributed by atoms with Crippen LogP contribution in [-0.4, -0.2) is 0 Å². The van der Waals surface area contributed by atoms with Crippen LogP contribution in [-0.2, 0) is 0 Å². The van der Waals surface area contributed by atoms with Crippen molar-refractivity contribution >= 4 is 76.2 Å². The van der Waals surface area contributed by atoms with Gasteiger partial charge in [0, 0.05) is 27.1 Å². The number of para-hydroxylation sites is 2. The van der Waals surface area contributed by atoms with Gasteiger partial charge in [-0.2, -0.15) is 0 Å². The molecule has 0 aliphatic carbocycles. The van der Waals surface area contributed by atoms with Crippen LogP contribution in [0.3, 0.4) is 0 Å². The first-order valence-corrected chi connectivity index (χ1v) is 18.8. The summed E-state index contributed by atoms with van der Waals surface area (Å²) in [4.78, 5) is 0. The molecule has 0 saturated carbocycles. The summed E-state index contributed by atoms with van der Waals surface area (Å²) < 4.78 is 56.4. The molecule has 2 heterocycles. The predicted octanol–water partition coefficient (Wildman–Crippen LogP) is 15.6. The van der Waals surface area contributed by atoms with Crippen LogP contribution in [0, 0.1) is 0 Å². The summed E-state index contributed by atoms with van der Waals surface area (Å²) in [6, 6.07) is 54.5. The molecule has 0 spiro atoms. The molecular weight excluding hydrogens is 681 g/mol. The molecule has 12 aromatic rings. The lowest BCUT2D eigenvalue weighted by atomic mass is 9.83. The third-order valence-electron chi connectivity index (χ3n) is 11.4. The fourth-order valence-electron chi connectivity index (χ4n) is 9.04. The van der Waals surface area contributed by atoms with E-state index in [1.807, 2.05) is 66.7 Å². The van der Waals surface area contributed by atoms with E-state index in [1.54, 1.807) is 0 Å². The van der Waals surface area contributed by atoms with E-state index in [2.05, 4.69) is 97.1 Å². The van der Waals surface area contributed by atoms with E-state index >= 15 is 0 Å². The molecule has 0 aliphatic heterocycles. The summed E-state index contributed by atoms with van der Waals surface area (Å²) in [5, 5.41) is 9.79. The lowest BCUT2D eigenvalue weighted by Crippen LogP contribution is -1.93. The van der Waals surface area contributed by atoms with Crippen LogP contribution in [0.1, 0.15) is 6.85 Å². The molecule has 260 valence electrons. The van der Waals surface area contributed by atoms with Crippen molar-refractivity contribution in [1.82, 2.24) is 0 Å². The number of furan rings is 2. The first kappa shape index (κ1) is 26.4. The largest absolute Gasteiger partial charge is 0.456 e. The van der Waals surface area contributed by atoms with Crippen LogP contribution in [0.2, 0.25) is 0 Å². The third kappa shape index (κ3) is 4.50. The molecule has 0 saturated heterocycles. The monoisotopic (exact) mass is 717 g/mol. The van der Waals surface area contributed by atoms with Gasteiger partial charge in [0.25, 0.3) is 0 Å². The van der Waals surface area contributed by atoms with Crippen molar-refractivity contribution in [1.29, 1.82) is 0 Å². The van der Waals surface area contributed by atoms with Crippen LogP contribution in [0.4, 0.5) is 0 Å². The van der Waals surface area contributed by atoms with Crippen LogP contribution in [0.25, 0.3) is 121 Å². The van der Waals surface area contributed by atoms with E-state index < -0.39 is 6.04 Å². The van der Waals surface area contributed by atoms with E-state index in [0.29, 0.717) is 5.56 Å². The van der Waals surface area contributed by atoms with Gasteiger partial charge in [-0.25, -0.2) is 0 Å². The maximum absolute atomic E-state index is 9.01. The topological polar surface area (TPSA) is 26.3 Å². The third-order valence-corrected chi connectivity index (χ3v) is 11.4. The van der Waals surface area contributed by atoms with E-state index in [0.717, 1.165) is 110 Å². The van der Waals surface area contributed by atoms with Crippen molar-refractivity contribution in [2.75, 3.05) is 0 Å². The maximum atomic E-state index is 9.01. The molecule has 0 unspecified atom stereocenters. The minimum atomic E-state index is -0.409. The van der Waals surface area contributed by atoms with Crippen molar-refractivity contribution in [3.63, 3.8) is 0 Å². The van der Waals surface area contributed by atoms with Crippen molar-refractivity contribution in [2.24, 2.45) is 0 Å². The van der Waals surface area contributed by atoms with E-state index in [9.17, 15) is 0 Å². The first-order valence-electron chi connectivity index (χ1n) is 21.3. The summed E-state index contributed by atoms with van der Waals surface area (Å²) >= 11 is 0. The number of hydrogen-bond acceptors (Lipinski definition) is 2. The molecule has 56 heavy (non-hydrogen) atoms. The van der Waals surface area contributed by atoms with Gasteiger partial charge in [-0.3, -0.25) is 0 Å². The van der Waals surface area contributed by atoms with Crippen LogP contribution in [0.15, 0.2) is 203 Å². The molecule has 0 bridgehead atoms. The minimum Gasteiger partial charge on any atom is -0.456 e. The van der Waals surface area contributed by atoms with Crippen LogP contribution >= 0.6 is 0 Å². The molecule has 0 aliphatic rings. The molecule has 2 heteroatoms. The molecule has 0 amide bonds. The second kappa shape index (κ2) is 12.0. The molecular formula is C54H32O2. The van der Waals surface area contributed by atoms with E-state index in [4.69, 9.17) is 15.7 Å². The van der Waals surface area contributed by atoms with Gasteiger partial charge in [-0.15, -0.1) is 0 Å². The quantitative estimate of drug-likeness (QED) is 0.169. The van der Waals surface area contributed by atoms with Crippen molar-refractivity contribution in [3.05, 3.63) is 194 Å². The smallest absolute Gasteiger partial charge is 0.136 e. The van der Waals surface area contributed by atoms with E-state index in [1.165, 1.54) is 0 Å². The highest BCUT2D eigenvalue weighted by atomic mass is 16.3. The standard InChI is InChI=1S/C54H32O2/c1-2-14-33(15-3-1)51-42-17-4-6-19-44(42)52(45-20-7-5-18-43(45)51)40-24-12-23-37-36(40)22-13-25-41(37)53-35(30-31-49-54(53)46-21-9-11-27-48(46)55-49)34-28-29-39-38-16-8-10-26-47(38)56-50(39)32-34/h1-32H/i1D,2D,3D,14D,15D. The Bertz CT molecular complexity index is 3750. The number of benzene rings is 10. The highest BCUT2D eigenvalue weighted by molar-refractivity contribution is 6.25. The van der Waals surface area contributed by atoms with Gasteiger partial charge in [-0.05, 0) is 102 Å². The fraction of sp³-hybridized carbons (Fsp3) is 0. The van der Waals surface area contributed by atoms with Gasteiger partial charge < -0.3 is 8.83 Å². The van der Waals surface area contributed by atoms with Gasteiger partial charge in [-0.1, -0.05) is 164 Å². The minimum absolute atomic E-state index is 0.193. The molecule has 0 N–H and O–H groups in total. The fourth-order valence-corrected chi connectivity index (χ4v) is 9.04. The molecule has 2 aromatic heterocycles. The number of fused-ring (bicyclic) bond motifs is 9. The summed E-state index contributed by atoms with van der Waals surface area (Å²) in [5.74, 6) is 0. The summed E-state index contributed by atoms with van der Waals surface area (Å²) in [6.45, 7) is 0. The zero-order chi connectivity index (χ0) is 41.1. The van der Waals surface area contributed by atoms with Gasteiger partial charge in [0.05, 0.1) is 6.85 Å². The number of rotatable bonds is 4. The van der Waals surface area contributed by atoms with Crippen molar-refractivity contribution in [2.45, 2.75) is 0 Å². The van der Waals surface area contributed by atoms with Gasteiger partial charge in [0.15, 0.2) is 0 Å². The zero-order valence-electron chi connectivity index (χ0n) is 34.9. The van der Waals surface area contributed by atoms with Gasteiger partial charge in [0.1, 0.15) is 22.3 Å². The van der Waals surface area contributed by atoms with Crippen molar-refractivity contribution in [3.8, 4) is 44.5 Å². The Kier molecular flexibility index (Phi) is 5.67. The Morgan fingerprint density at radius 1 is 0.304 bits per heavy atom. The first-order chi connectivity index (χ1) is 29.9. The van der Waals surface area contributed by atoms with Crippen LogP contribution < -0.4 is 0 Å². The second-order valence-electron chi connectivity index (χ2n) is 14.3. The SMILES string of the molecule is [2H]c1c([2H])c([2H])c(-c2c3ccccc3c(-c3cccc4c(-c5c(-c6ccc7c(c6)oc6ccccc67)ccc6oc7ccccc7c56)cccc34)c3ccccc23)c([2H])c1[2H]. The van der Waals surface area contributed by atoms with Gasteiger partial charge >= 0.3 is 0 Å². The number of hydrogen-bond donors (Lipinski definition) is 0. The summed E-state index contributed by atoms with van der Waals surface area (Å²) in [7, 11) is 0. The molecule has 2 nitrogen and oxygen atoms in total.